The summed E-state index contributed by atoms with van der Waals surface area (Å²) in [6, 6.07) is 14.8. The third-order valence-corrected chi connectivity index (χ3v) is 6.63. The highest BCUT2D eigenvalue weighted by atomic mass is 19.4. The summed E-state index contributed by atoms with van der Waals surface area (Å²) in [7, 11) is 0. The molecular formula is C26H23F3N8O2. The Morgan fingerprint density at radius 3 is 2.67 bits per heavy atom. The van der Waals surface area contributed by atoms with E-state index in [0.717, 1.165) is 36.3 Å². The predicted octanol–water partition coefficient (Wildman–Crippen LogP) is 5.32. The molecule has 5 rings (SSSR count). The number of urea groups is 1. The number of nitrogens with zero attached hydrogens (tertiary/aromatic N) is 6. The molecule has 3 heterocycles. The Morgan fingerprint density at radius 1 is 1.13 bits per heavy atom. The smallest absolute Gasteiger partial charge is 0.366 e. The lowest BCUT2D eigenvalue weighted by atomic mass is 10.1. The standard InChI is InChI=1S/C26H23F3N8O2/c27-26(28,29)18-3-1-2-17(12-18)21-8-9-22-24(34-21)37(20-10-11-36(22)15-20)25(39)33-19-6-4-16(5-7-19)13-31-23(38)14-32-35-30/h1-9,12,20H,10-11,13-15H2,(H,31,38)(H,33,39)/t20-/m0/s1. The number of hydrogen-bond acceptors (Lipinski definition) is 5. The highest BCUT2D eigenvalue weighted by Gasteiger charge is 2.40. The van der Waals surface area contributed by atoms with Gasteiger partial charge in [-0.15, -0.1) is 0 Å². The lowest BCUT2D eigenvalue weighted by molar-refractivity contribution is -0.137. The average molecular weight is 537 g/mol. The van der Waals surface area contributed by atoms with Crippen molar-refractivity contribution in [2.45, 2.75) is 25.2 Å². The number of nitrogens with one attached hydrogen (secondary N) is 2. The van der Waals surface area contributed by atoms with Crippen LogP contribution < -0.4 is 20.4 Å². The molecule has 10 nitrogen and oxygen atoms in total. The first-order chi connectivity index (χ1) is 18.7. The number of alkyl halides is 3. The molecule has 39 heavy (non-hydrogen) atoms. The number of fused-ring (bicyclic) bond motifs is 4. The maximum Gasteiger partial charge on any atom is 0.416 e. The molecule has 0 spiro atoms. The molecule has 0 unspecified atom stereocenters. The summed E-state index contributed by atoms with van der Waals surface area (Å²) < 4.78 is 39.8. The highest BCUT2D eigenvalue weighted by Crippen LogP contribution is 2.41. The van der Waals surface area contributed by atoms with Gasteiger partial charge in [0.25, 0.3) is 0 Å². The molecule has 1 fully saturated rings. The molecule has 0 radical (unpaired) electrons. The lowest BCUT2D eigenvalue weighted by Crippen LogP contribution is -2.48. The predicted molar refractivity (Wildman–Crippen MR) is 139 cm³/mol. The second-order valence-corrected chi connectivity index (χ2v) is 9.17. The van der Waals surface area contributed by atoms with E-state index in [9.17, 15) is 22.8 Å². The van der Waals surface area contributed by atoms with Crippen LogP contribution in [-0.4, -0.2) is 42.6 Å². The fourth-order valence-electron chi connectivity index (χ4n) is 4.73. The van der Waals surface area contributed by atoms with Crippen molar-refractivity contribution in [2.24, 2.45) is 5.11 Å². The molecule has 13 heteroatoms. The maximum absolute atomic E-state index is 13.5. The Bertz CT molecular complexity index is 1450. The molecule has 3 amide bonds. The van der Waals surface area contributed by atoms with Crippen LogP contribution in [0, 0.1) is 0 Å². The number of carbonyl (C=O) groups excluding carboxylic acids is 2. The Kier molecular flexibility index (Phi) is 6.99. The molecule has 2 bridgehead atoms. The van der Waals surface area contributed by atoms with Crippen molar-refractivity contribution < 1.29 is 22.8 Å². The third-order valence-electron chi connectivity index (χ3n) is 6.63. The number of hydrogen-bond donors (Lipinski definition) is 2. The van der Waals surface area contributed by atoms with Crippen molar-refractivity contribution >= 4 is 29.1 Å². The highest BCUT2D eigenvalue weighted by molar-refractivity contribution is 6.04. The second-order valence-electron chi connectivity index (χ2n) is 9.17. The SMILES string of the molecule is [N-]=[N+]=NCC(=O)NCc1ccc(NC(=O)N2c3nc(-c4cccc(C(F)(F)F)c4)ccc3N3CC[C@H]2C3)cc1. The molecule has 2 aliphatic rings. The van der Waals surface area contributed by atoms with E-state index in [-0.39, 0.29) is 19.1 Å². The van der Waals surface area contributed by atoms with E-state index in [4.69, 9.17) is 5.53 Å². The normalized spacial score (nSPS) is 15.8. The Labute approximate surface area is 221 Å². The lowest BCUT2D eigenvalue weighted by Gasteiger charge is -2.36. The Hall–Kier alpha value is -4.77. The number of azide groups is 1. The zero-order valence-corrected chi connectivity index (χ0v) is 20.5. The monoisotopic (exact) mass is 536 g/mol. The van der Waals surface area contributed by atoms with Crippen molar-refractivity contribution in [3.63, 3.8) is 0 Å². The van der Waals surface area contributed by atoms with E-state index in [2.05, 4.69) is 30.5 Å². The summed E-state index contributed by atoms with van der Waals surface area (Å²) in [6.45, 7) is 1.32. The number of halogens is 3. The summed E-state index contributed by atoms with van der Waals surface area (Å²) in [5.74, 6) is -0.00734. The molecule has 3 aromatic rings. The number of rotatable bonds is 6. The first-order valence-corrected chi connectivity index (χ1v) is 12.1. The molecular weight excluding hydrogens is 513 g/mol. The zero-order valence-electron chi connectivity index (χ0n) is 20.5. The molecule has 1 aromatic heterocycles. The minimum Gasteiger partial charge on any atom is -0.366 e. The maximum atomic E-state index is 13.5. The Morgan fingerprint density at radius 2 is 1.92 bits per heavy atom. The van der Waals surface area contributed by atoms with Gasteiger partial charge in [-0.05, 0) is 53.9 Å². The molecule has 2 N–H and O–H groups in total. The van der Waals surface area contributed by atoms with E-state index in [1.54, 1.807) is 47.4 Å². The van der Waals surface area contributed by atoms with E-state index >= 15 is 0 Å². The van der Waals surface area contributed by atoms with Gasteiger partial charge in [0, 0.05) is 35.8 Å². The van der Waals surface area contributed by atoms with Crippen LogP contribution in [0.4, 0.5) is 35.2 Å². The van der Waals surface area contributed by atoms with E-state index in [1.165, 1.54) is 6.07 Å². The molecule has 0 saturated carbocycles. The van der Waals surface area contributed by atoms with Crippen LogP contribution in [-0.2, 0) is 17.5 Å². The zero-order chi connectivity index (χ0) is 27.6. The number of amides is 3. The van der Waals surface area contributed by atoms with Gasteiger partial charge in [-0.1, -0.05) is 29.4 Å². The van der Waals surface area contributed by atoms with Gasteiger partial charge in [0.1, 0.15) is 6.54 Å². The number of anilines is 3. The fraction of sp³-hybridized carbons (Fsp3) is 0.269. The van der Waals surface area contributed by atoms with E-state index in [0.29, 0.717) is 29.3 Å². The van der Waals surface area contributed by atoms with Gasteiger partial charge in [0.2, 0.25) is 5.91 Å². The van der Waals surface area contributed by atoms with Gasteiger partial charge in [0.05, 0.1) is 23.0 Å². The first-order valence-electron chi connectivity index (χ1n) is 12.1. The van der Waals surface area contributed by atoms with Gasteiger partial charge < -0.3 is 15.5 Å². The van der Waals surface area contributed by atoms with Crippen molar-refractivity contribution in [1.82, 2.24) is 10.3 Å². The first kappa shape index (κ1) is 25.9. The Balaban J connectivity index is 1.35. The van der Waals surface area contributed by atoms with Gasteiger partial charge in [-0.25, -0.2) is 9.78 Å². The molecule has 2 aromatic carbocycles. The summed E-state index contributed by atoms with van der Waals surface area (Å²) >= 11 is 0. The molecule has 1 atom stereocenters. The quantitative estimate of drug-likeness (QED) is 0.251. The van der Waals surface area contributed by atoms with E-state index in [1.807, 2.05) is 0 Å². The summed E-state index contributed by atoms with van der Waals surface area (Å²) in [6.07, 6.45) is -3.74. The van der Waals surface area contributed by atoms with Gasteiger partial charge in [-0.2, -0.15) is 13.2 Å². The molecule has 1 saturated heterocycles. The van der Waals surface area contributed by atoms with Crippen molar-refractivity contribution in [3.8, 4) is 11.3 Å². The van der Waals surface area contributed by atoms with Gasteiger partial charge >= 0.3 is 12.2 Å². The van der Waals surface area contributed by atoms with Crippen molar-refractivity contribution in [2.75, 3.05) is 34.8 Å². The summed E-state index contributed by atoms with van der Waals surface area (Å²) in [5.41, 5.74) is 10.2. The van der Waals surface area contributed by atoms with Crippen LogP contribution in [0.25, 0.3) is 21.7 Å². The van der Waals surface area contributed by atoms with Gasteiger partial charge in [0.15, 0.2) is 5.82 Å². The molecule has 2 aliphatic heterocycles. The van der Waals surface area contributed by atoms with Crippen LogP contribution in [0.15, 0.2) is 65.8 Å². The number of benzene rings is 2. The van der Waals surface area contributed by atoms with Crippen LogP contribution in [0.5, 0.6) is 0 Å². The van der Waals surface area contributed by atoms with Crippen LogP contribution in [0.3, 0.4) is 0 Å². The number of aromatic nitrogens is 1. The largest absolute Gasteiger partial charge is 0.416 e. The molecule has 0 aliphatic carbocycles. The average Bonchev–Trinajstić information content (AvgIpc) is 3.35. The van der Waals surface area contributed by atoms with Gasteiger partial charge in [-0.3, -0.25) is 9.69 Å². The number of pyridine rings is 1. The fourth-order valence-corrected chi connectivity index (χ4v) is 4.73. The minimum absolute atomic E-state index is 0.132. The number of carbonyl (C=O) groups is 2. The summed E-state index contributed by atoms with van der Waals surface area (Å²) in [4.78, 5) is 36.0. The van der Waals surface area contributed by atoms with Crippen LogP contribution >= 0.6 is 0 Å². The third kappa shape index (κ3) is 5.58. The second kappa shape index (κ2) is 10.5. The molecule has 200 valence electrons. The minimum atomic E-state index is -4.48. The van der Waals surface area contributed by atoms with E-state index < -0.39 is 23.7 Å². The van der Waals surface area contributed by atoms with Crippen LogP contribution in [0.1, 0.15) is 17.5 Å². The van der Waals surface area contributed by atoms with Crippen LogP contribution in [0.2, 0.25) is 0 Å². The van der Waals surface area contributed by atoms with Crippen molar-refractivity contribution in [3.05, 3.63) is 82.2 Å². The van der Waals surface area contributed by atoms with Crippen molar-refractivity contribution in [1.29, 1.82) is 0 Å². The summed E-state index contributed by atoms with van der Waals surface area (Å²) in [5, 5.41) is 8.72. The topological polar surface area (TPSA) is 126 Å².